The van der Waals surface area contributed by atoms with Crippen molar-refractivity contribution in [2.45, 2.75) is 25.8 Å². The molecule has 54 valence electrons. The smallest absolute Gasteiger partial charge is 0.0539 e. The number of nitrogens with zero attached hydrogens (tertiary/aromatic N) is 1. The summed E-state index contributed by atoms with van der Waals surface area (Å²) in [6.07, 6.45) is 8.95. The Hall–Kier alpha value is -0.590. The Labute approximate surface area is 61.9 Å². The fraction of sp³-hybridized carbons (Fsp3) is 0.667. The lowest BCUT2D eigenvalue weighted by atomic mass is 9.68. The van der Waals surface area contributed by atoms with Crippen LogP contribution < -0.4 is 0 Å². The number of allylic oxidation sites excluding steroid dienone is 2. The predicted molar refractivity (Wildman–Crippen MR) is 43.3 cm³/mol. The van der Waals surface area contributed by atoms with Gasteiger partial charge in [0.05, 0.1) is 6.04 Å². The molecular weight excluding hydrogens is 122 g/mol. The van der Waals surface area contributed by atoms with Gasteiger partial charge in [-0.3, -0.25) is 4.99 Å². The zero-order valence-corrected chi connectivity index (χ0v) is 6.33. The molecule has 2 bridgehead atoms. The van der Waals surface area contributed by atoms with E-state index in [2.05, 4.69) is 24.1 Å². The molecule has 0 radical (unpaired) electrons. The van der Waals surface area contributed by atoms with E-state index in [9.17, 15) is 0 Å². The van der Waals surface area contributed by atoms with Crippen molar-refractivity contribution in [2.75, 3.05) is 0 Å². The maximum atomic E-state index is 4.43. The van der Waals surface area contributed by atoms with Gasteiger partial charge in [0.1, 0.15) is 0 Å². The van der Waals surface area contributed by atoms with Crippen molar-refractivity contribution in [1.82, 2.24) is 0 Å². The van der Waals surface area contributed by atoms with Crippen LogP contribution in [0.25, 0.3) is 0 Å². The van der Waals surface area contributed by atoms with Crippen LogP contribution in [-0.4, -0.2) is 12.3 Å². The highest BCUT2D eigenvalue weighted by molar-refractivity contribution is 5.72. The number of aliphatic imine (C=N–C) groups is 1. The monoisotopic (exact) mass is 135 g/mol. The minimum Gasteiger partial charge on any atom is -0.290 e. The fourth-order valence-corrected chi connectivity index (χ4v) is 2.04. The van der Waals surface area contributed by atoms with Gasteiger partial charge in [0.2, 0.25) is 0 Å². The van der Waals surface area contributed by atoms with E-state index in [-0.39, 0.29) is 0 Å². The average Bonchev–Trinajstić information content (AvgIpc) is 2.19. The van der Waals surface area contributed by atoms with Crippen molar-refractivity contribution < 1.29 is 0 Å². The summed E-state index contributed by atoms with van der Waals surface area (Å²) >= 11 is 0. The molecule has 2 heterocycles. The first-order valence-corrected chi connectivity index (χ1v) is 4.11. The molecule has 1 aliphatic carbocycles. The van der Waals surface area contributed by atoms with E-state index in [4.69, 9.17) is 0 Å². The summed E-state index contributed by atoms with van der Waals surface area (Å²) in [6, 6.07) is 0.657. The van der Waals surface area contributed by atoms with Crippen molar-refractivity contribution in [1.29, 1.82) is 0 Å². The van der Waals surface area contributed by atoms with E-state index in [0.29, 0.717) is 6.04 Å². The molecule has 2 aliphatic heterocycles. The molecule has 1 saturated carbocycles. The van der Waals surface area contributed by atoms with Crippen LogP contribution >= 0.6 is 0 Å². The van der Waals surface area contributed by atoms with E-state index in [1.807, 2.05) is 6.21 Å². The summed E-state index contributed by atoms with van der Waals surface area (Å²) in [4.78, 5) is 4.43. The first-order chi connectivity index (χ1) is 4.92. The Morgan fingerprint density at radius 1 is 1.60 bits per heavy atom. The molecule has 10 heavy (non-hydrogen) atoms. The highest BCUT2D eigenvalue weighted by atomic mass is 14.8. The molecule has 3 rings (SSSR count). The lowest BCUT2D eigenvalue weighted by molar-refractivity contribution is 0.178. The number of rotatable bonds is 1. The van der Waals surface area contributed by atoms with Crippen molar-refractivity contribution in [3.8, 4) is 0 Å². The molecule has 0 spiro atoms. The molecule has 0 aromatic rings. The molecule has 3 aliphatic rings. The third-order valence-corrected chi connectivity index (χ3v) is 2.75. The minimum atomic E-state index is 0.657. The lowest BCUT2D eigenvalue weighted by Crippen LogP contribution is -2.37. The van der Waals surface area contributed by atoms with E-state index in [0.717, 1.165) is 11.8 Å². The molecule has 3 atom stereocenters. The molecule has 3 unspecified atom stereocenters. The Balaban J connectivity index is 2.15. The van der Waals surface area contributed by atoms with Crippen LogP contribution in [0.3, 0.4) is 0 Å². The van der Waals surface area contributed by atoms with Crippen molar-refractivity contribution >= 4 is 6.21 Å². The molecule has 1 nitrogen and oxygen atoms in total. The van der Waals surface area contributed by atoms with Gasteiger partial charge in [-0.2, -0.15) is 0 Å². The molecule has 1 fully saturated rings. The normalized spacial score (nSPS) is 42.7. The number of fused-ring (bicyclic) bond motifs is 1. The highest BCUT2D eigenvalue weighted by Gasteiger charge is 2.38. The summed E-state index contributed by atoms with van der Waals surface area (Å²) in [5, 5.41) is 0. The molecule has 0 amide bonds. The van der Waals surface area contributed by atoms with Gasteiger partial charge < -0.3 is 0 Å². The van der Waals surface area contributed by atoms with Gasteiger partial charge in [0.25, 0.3) is 0 Å². The average molecular weight is 135 g/mol. The van der Waals surface area contributed by atoms with Gasteiger partial charge in [0, 0.05) is 6.21 Å². The van der Waals surface area contributed by atoms with Crippen LogP contribution in [0.5, 0.6) is 0 Å². The molecule has 0 aromatic carbocycles. The van der Waals surface area contributed by atoms with Gasteiger partial charge in [-0.1, -0.05) is 19.4 Å². The fourth-order valence-electron chi connectivity index (χ4n) is 2.04. The molecular formula is C9H13N. The Bertz CT molecular complexity index is 163. The summed E-state index contributed by atoms with van der Waals surface area (Å²) in [5.41, 5.74) is 0. The van der Waals surface area contributed by atoms with Crippen molar-refractivity contribution in [2.24, 2.45) is 16.8 Å². The maximum Gasteiger partial charge on any atom is 0.0539 e. The summed E-state index contributed by atoms with van der Waals surface area (Å²) < 4.78 is 0. The quantitative estimate of drug-likeness (QED) is 0.521. The SMILES string of the molecule is CCC1C2C=CC=NC1C2. The summed E-state index contributed by atoms with van der Waals surface area (Å²) in [7, 11) is 0. The van der Waals surface area contributed by atoms with Crippen LogP contribution in [0.1, 0.15) is 19.8 Å². The van der Waals surface area contributed by atoms with Crippen LogP contribution in [0.15, 0.2) is 17.1 Å². The Morgan fingerprint density at radius 2 is 2.50 bits per heavy atom. The molecule has 0 saturated heterocycles. The summed E-state index contributed by atoms with van der Waals surface area (Å²) in [6.45, 7) is 2.26. The summed E-state index contributed by atoms with van der Waals surface area (Å²) in [5.74, 6) is 1.70. The van der Waals surface area contributed by atoms with Crippen molar-refractivity contribution in [3.05, 3.63) is 12.2 Å². The third-order valence-electron chi connectivity index (χ3n) is 2.75. The second kappa shape index (κ2) is 2.22. The van der Waals surface area contributed by atoms with Crippen LogP contribution in [0, 0.1) is 11.8 Å². The largest absolute Gasteiger partial charge is 0.290 e. The van der Waals surface area contributed by atoms with Gasteiger partial charge >= 0.3 is 0 Å². The van der Waals surface area contributed by atoms with Gasteiger partial charge in [-0.05, 0) is 24.3 Å². The van der Waals surface area contributed by atoms with E-state index in [1.165, 1.54) is 12.8 Å². The number of hydrogen-bond acceptors (Lipinski definition) is 1. The third kappa shape index (κ3) is 0.731. The van der Waals surface area contributed by atoms with Crippen LogP contribution in [-0.2, 0) is 0 Å². The Morgan fingerprint density at radius 3 is 3.30 bits per heavy atom. The van der Waals surface area contributed by atoms with Gasteiger partial charge in [-0.15, -0.1) is 0 Å². The topological polar surface area (TPSA) is 12.4 Å². The zero-order chi connectivity index (χ0) is 6.97. The second-order valence-electron chi connectivity index (χ2n) is 3.22. The molecule has 0 aromatic heterocycles. The highest BCUT2D eigenvalue weighted by Crippen LogP contribution is 2.41. The van der Waals surface area contributed by atoms with E-state index in [1.54, 1.807) is 0 Å². The van der Waals surface area contributed by atoms with Crippen molar-refractivity contribution in [3.63, 3.8) is 0 Å². The molecule has 1 heteroatoms. The Kier molecular flexibility index (Phi) is 1.37. The maximum absolute atomic E-state index is 4.43. The number of hydrogen-bond donors (Lipinski definition) is 0. The first-order valence-electron chi connectivity index (χ1n) is 4.11. The van der Waals surface area contributed by atoms with Gasteiger partial charge in [-0.25, -0.2) is 0 Å². The zero-order valence-electron chi connectivity index (χ0n) is 6.33. The van der Waals surface area contributed by atoms with Gasteiger partial charge in [0.15, 0.2) is 0 Å². The predicted octanol–water partition coefficient (Wildman–Crippen LogP) is 2.04. The standard InChI is InChI=1S/C9H13N/c1-2-8-7-4-3-5-10-9(8)6-7/h3-5,7-9H,2,6H2,1H3. The lowest BCUT2D eigenvalue weighted by Gasteiger charge is -2.39. The van der Waals surface area contributed by atoms with E-state index < -0.39 is 0 Å². The minimum absolute atomic E-state index is 0.657. The first kappa shape index (κ1) is 6.14. The van der Waals surface area contributed by atoms with E-state index >= 15 is 0 Å². The van der Waals surface area contributed by atoms with Crippen LogP contribution in [0.4, 0.5) is 0 Å². The van der Waals surface area contributed by atoms with Crippen LogP contribution in [0.2, 0.25) is 0 Å². The molecule has 0 N–H and O–H groups in total. The second-order valence-corrected chi connectivity index (χ2v) is 3.22.